The van der Waals surface area contributed by atoms with Gasteiger partial charge < -0.3 is 0 Å². The topological polar surface area (TPSA) is 69.5 Å². The number of nitriles is 1. The molecule has 1 aromatic heterocycles. The van der Waals surface area contributed by atoms with Crippen LogP contribution in [0, 0.1) is 23.2 Å². The highest BCUT2D eigenvalue weighted by Gasteiger charge is 2.52. The van der Waals surface area contributed by atoms with Crippen LogP contribution in [-0.2, 0) is 16.6 Å². The van der Waals surface area contributed by atoms with E-state index in [-0.39, 0.29) is 23.2 Å². The second-order valence-corrected chi connectivity index (χ2v) is 6.46. The minimum absolute atomic E-state index is 0.0389. The van der Waals surface area contributed by atoms with E-state index >= 15 is 0 Å². The Kier molecular flexibility index (Phi) is 2.99. The average Bonchev–Trinajstić information content (AvgIpc) is 3.08. The zero-order valence-electron chi connectivity index (χ0n) is 12.9. The summed E-state index contributed by atoms with van der Waals surface area (Å²) in [6.45, 7) is 1.95. The molecule has 1 aromatic carbocycles. The summed E-state index contributed by atoms with van der Waals surface area (Å²) in [5.41, 5.74) is 3.01. The predicted molar refractivity (Wildman–Crippen MR) is 85.5 cm³/mol. The number of allylic oxidation sites excluding steroid dienone is 2. The van der Waals surface area contributed by atoms with Gasteiger partial charge in [-0.15, -0.1) is 0 Å². The molecule has 0 saturated heterocycles. The predicted octanol–water partition coefficient (Wildman–Crippen LogP) is 2.93. The number of ketones is 1. The van der Waals surface area contributed by atoms with Crippen molar-refractivity contribution >= 4 is 5.78 Å². The highest BCUT2D eigenvalue weighted by atomic mass is 16.1. The van der Waals surface area contributed by atoms with Crippen molar-refractivity contribution in [3.05, 3.63) is 65.0 Å². The Balaban J connectivity index is 2.08. The van der Waals surface area contributed by atoms with E-state index in [0.717, 1.165) is 24.1 Å². The fourth-order valence-corrected chi connectivity index (χ4v) is 4.36. The first-order valence-electron chi connectivity index (χ1n) is 7.94. The molecule has 4 nitrogen and oxygen atoms in total. The van der Waals surface area contributed by atoms with E-state index in [2.05, 4.69) is 28.4 Å². The second-order valence-electron chi connectivity index (χ2n) is 6.46. The molecule has 0 saturated carbocycles. The first-order valence-corrected chi connectivity index (χ1v) is 7.94. The Hall–Kier alpha value is -2.67. The highest BCUT2D eigenvalue weighted by Crippen LogP contribution is 2.52. The molecule has 1 N–H and O–H groups in total. The van der Waals surface area contributed by atoms with Crippen LogP contribution in [0.5, 0.6) is 0 Å². The molecule has 114 valence electrons. The van der Waals surface area contributed by atoms with E-state index in [1.165, 1.54) is 5.56 Å². The van der Waals surface area contributed by atoms with Crippen LogP contribution in [0.3, 0.4) is 0 Å². The number of nitrogens with zero attached hydrogens (tertiary/aromatic N) is 2. The third kappa shape index (κ3) is 1.77. The van der Waals surface area contributed by atoms with Crippen molar-refractivity contribution in [2.24, 2.45) is 11.8 Å². The number of benzene rings is 1. The molecule has 2 aliphatic carbocycles. The van der Waals surface area contributed by atoms with Gasteiger partial charge in [-0.05, 0) is 36.0 Å². The van der Waals surface area contributed by atoms with Crippen molar-refractivity contribution < 1.29 is 4.79 Å². The largest absolute Gasteiger partial charge is 0.293 e. The Morgan fingerprint density at radius 3 is 2.87 bits per heavy atom. The number of carbonyl (C=O) groups excluding carboxylic acids is 1. The number of aryl methyl sites for hydroxylation is 1. The first-order chi connectivity index (χ1) is 11.2. The molecule has 0 fully saturated rings. The quantitative estimate of drug-likeness (QED) is 0.880. The zero-order valence-corrected chi connectivity index (χ0v) is 12.9. The number of hydrogen-bond acceptors (Lipinski definition) is 3. The molecular weight excluding hydrogens is 286 g/mol. The number of aromatic amines is 1. The number of Topliss-reactive ketones (excluding diaryl/α,β-unsaturated/α-hetero) is 1. The van der Waals surface area contributed by atoms with Crippen LogP contribution in [-0.4, -0.2) is 16.0 Å². The molecule has 4 heteroatoms. The molecule has 0 bridgehead atoms. The highest BCUT2D eigenvalue weighted by molar-refractivity contribution is 6.02. The molecule has 3 atom stereocenters. The lowest BCUT2D eigenvalue weighted by Gasteiger charge is -2.46. The van der Waals surface area contributed by atoms with Gasteiger partial charge in [-0.1, -0.05) is 37.3 Å². The summed E-state index contributed by atoms with van der Waals surface area (Å²) in [4.78, 5) is 12.5. The van der Waals surface area contributed by atoms with Gasteiger partial charge in [0.2, 0.25) is 0 Å². The molecule has 23 heavy (non-hydrogen) atoms. The summed E-state index contributed by atoms with van der Waals surface area (Å²) in [6, 6.07) is 12.2. The van der Waals surface area contributed by atoms with Gasteiger partial charge in [-0.2, -0.15) is 10.4 Å². The van der Waals surface area contributed by atoms with Crippen molar-refractivity contribution in [2.45, 2.75) is 25.2 Å². The van der Waals surface area contributed by atoms with Crippen LogP contribution in [0.2, 0.25) is 0 Å². The summed E-state index contributed by atoms with van der Waals surface area (Å²) < 4.78 is 0. The summed E-state index contributed by atoms with van der Waals surface area (Å²) in [5.74, 6) is -0.0898. The molecule has 0 spiro atoms. The van der Waals surface area contributed by atoms with Gasteiger partial charge in [-0.3, -0.25) is 9.89 Å². The fourth-order valence-electron chi connectivity index (χ4n) is 4.36. The maximum atomic E-state index is 12.5. The average molecular weight is 303 g/mol. The van der Waals surface area contributed by atoms with Crippen molar-refractivity contribution in [1.82, 2.24) is 10.2 Å². The molecular formula is C19H17N3O. The molecule has 4 rings (SSSR count). The van der Waals surface area contributed by atoms with E-state index < -0.39 is 5.41 Å². The third-order valence-electron chi connectivity index (χ3n) is 5.45. The Morgan fingerprint density at radius 2 is 2.13 bits per heavy atom. The van der Waals surface area contributed by atoms with Crippen LogP contribution in [0.4, 0.5) is 0 Å². The Labute approximate surface area is 134 Å². The molecule has 0 amide bonds. The van der Waals surface area contributed by atoms with Crippen LogP contribution >= 0.6 is 0 Å². The van der Waals surface area contributed by atoms with Crippen LogP contribution in [0.15, 0.2) is 48.2 Å². The van der Waals surface area contributed by atoms with Gasteiger partial charge >= 0.3 is 0 Å². The van der Waals surface area contributed by atoms with E-state index in [1.54, 1.807) is 0 Å². The number of carbonyl (C=O) groups is 1. The van der Waals surface area contributed by atoms with E-state index in [9.17, 15) is 10.1 Å². The van der Waals surface area contributed by atoms with Crippen molar-refractivity contribution in [1.29, 1.82) is 5.26 Å². The monoisotopic (exact) mass is 303 g/mol. The lowest BCUT2D eigenvalue weighted by Crippen LogP contribution is -2.48. The summed E-state index contributed by atoms with van der Waals surface area (Å²) >= 11 is 0. The Bertz CT molecular complexity index is 843. The zero-order chi connectivity index (χ0) is 16.0. The number of rotatable bonds is 1. The number of aromatic nitrogens is 2. The normalized spacial score (nSPS) is 29.2. The van der Waals surface area contributed by atoms with E-state index in [1.807, 2.05) is 37.4 Å². The van der Waals surface area contributed by atoms with Gasteiger partial charge in [0.05, 0.1) is 16.7 Å². The summed E-state index contributed by atoms with van der Waals surface area (Å²) in [7, 11) is 0. The number of nitrogens with one attached hydrogen (secondary N) is 1. The van der Waals surface area contributed by atoms with Crippen LogP contribution in [0.25, 0.3) is 0 Å². The second kappa shape index (κ2) is 4.92. The third-order valence-corrected chi connectivity index (χ3v) is 5.45. The van der Waals surface area contributed by atoms with Gasteiger partial charge in [-0.25, -0.2) is 0 Å². The van der Waals surface area contributed by atoms with Crippen molar-refractivity contribution in [3.8, 4) is 6.07 Å². The van der Waals surface area contributed by atoms with Crippen molar-refractivity contribution in [3.63, 3.8) is 0 Å². The lowest BCUT2D eigenvalue weighted by atomic mass is 9.54. The maximum Gasteiger partial charge on any atom is 0.176 e. The van der Waals surface area contributed by atoms with Crippen LogP contribution in [0.1, 0.15) is 30.2 Å². The minimum atomic E-state index is -0.493. The van der Waals surface area contributed by atoms with Gasteiger partial charge in [0.1, 0.15) is 6.07 Å². The van der Waals surface area contributed by atoms with Gasteiger partial charge in [0.15, 0.2) is 5.78 Å². The molecule has 2 aromatic rings. The maximum absolute atomic E-state index is 12.5. The molecule has 0 aliphatic heterocycles. The smallest absolute Gasteiger partial charge is 0.176 e. The molecule has 0 radical (unpaired) electrons. The number of hydrogen-bond donors (Lipinski definition) is 1. The van der Waals surface area contributed by atoms with Crippen molar-refractivity contribution in [2.75, 3.05) is 0 Å². The summed E-state index contributed by atoms with van der Waals surface area (Å²) in [6.07, 6.45) is 5.65. The fraction of sp³-hybridized carbons (Fsp3) is 0.316. The van der Waals surface area contributed by atoms with Crippen LogP contribution < -0.4 is 0 Å². The lowest BCUT2D eigenvalue weighted by molar-refractivity contribution is -0.121. The number of H-pyrrole nitrogens is 1. The standard InChI is InChI=1S/C19H17N3O/c1-12-16-8-7-13-11-21-22-18(13)19(16,9-14(10-20)17(12)23)15-5-3-2-4-6-15/h2-6,9,11-12,16H,7-8H2,1H3,(H,21,22). The van der Waals surface area contributed by atoms with Gasteiger partial charge in [0, 0.05) is 12.1 Å². The van der Waals surface area contributed by atoms with E-state index in [4.69, 9.17) is 0 Å². The minimum Gasteiger partial charge on any atom is -0.293 e. The molecule has 2 aliphatic rings. The molecule has 3 unspecified atom stereocenters. The van der Waals surface area contributed by atoms with Gasteiger partial charge in [0.25, 0.3) is 0 Å². The number of fused-ring (bicyclic) bond motifs is 3. The SMILES string of the molecule is CC1C(=O)C(C#N)=CC2(c3ccccc3)c3n[nH]cc3CCC12. The summed E-state index contributed by atoms with van der Waals surface area (Å²) in [5, 5.41) is 17.0. The first kappa shape index (κ1) is 14.0. The molecule has 1 heterocycles. The van der Waals surface area contributed by atoms with E-state index in [0.29, 0.717) is 0 Å². The Morgan fingerprint density at radius 1 is 1.35 bits per heavy atom.